The van der Waals surface area contributed by atoms with E-state index in [2.05, 4.69) is 6.58 Å². The molecule has 2 saturated carbocycles. The van der Waals surface area contributed by atoms with Gasteiger partial charge in [-0.3, -0.25) is 0 Å². The Labute approximate surface area is 69.7 Å². The largest absolute Gasteiger partial charge is 0.0999 e. The van der Waals surface area contributed by atoms with Crippen LogP contribution in [0.3, 0.4) is 0 Å². The second-order valence-corrected chi connectivity index (χ2v) is 4.30. The molecule has 0 aromatic carbocycles. The first-order valence-corrected chi connectivity index (χ1v) is 5.03. The van der Waals surface area contributed by atoms with Crippen LogP contribution in [-0.2, 0) is 0 Å². The third-order valence-corrected chi connectivity index (χ3v) is 3.49. The molecule has 2 atom stereocenters. The van der Waals surface area contributed by atoms with E-state index >= 15 is 0 Å². The van der Waals surface area contributed by atoms with Crippen molar-refractivity contribution in [3.05, 3.63) is 12.2 Å². The van der Waals surface area contributed by atoms with Crippen molar-refractivity contribution in [3.63, 3.8) is 0 Å². The van der Waals surface area contributed by atoms with Gasteiger partial charge in [0.1, 0.15) is 0 Å². The van der Waals surface area contributed by atoms with Crippen LogP contribution in [0.15, 0.2) is 12.2 Å². The minimum Gasteiger partial charge on any atom is -0.0999 e. The van der Waals surface area contributed by atoms with Crippen molar-refractivity contribution >= 4 is 0 Å². The van der Waals surface area contributed by atoms with Crippen molar-refractivity contribution in [3.8, 4) is 0 Å². The smallest absolute Gasteiger partial charge is 0.0292 e. The van der Waals surface area contributed by atoms with Gasteiger partial charge >= 0.3 is 0 Å². The van der Waals surface area contributed by atoms with E-state index in [1.54, 1.807) is 0 Å². The van der Waals surface area contributed by atoms with Crippen molar-refractivity contribution in [1.29, 1.82) is 0 Å². The molecule has 0 radical (unpaired) electrons. The molecule has 0 spiro atoms. The number of rotatable bonds is 0. The molecule has 62 valence electrons. The minimum absolute atomic E-state index is 1.03. The van der Waals surface area contributed by atoms with E-state index < -0.39 is 0 Å². The molecule has 0 heteroatoms. The highest BCUT2D eigenvalue weighted by Gasteiger charge is 2.28. The number of allylic oxidation sites excluding steroid dienone is 1. The number of hydrogen-bond donors (Lipinski definition) is 0. The lowest BCUT2D eigenvalue weighted by Gasteiger charge is -2.36. The van der Waals surface area contributed by atoms with Crippen LogP contribution in [0.1, 0.15) is 44.9 Å². The van der Waals surface area contributed by atoms with Crippen LogP contribution in [0.2, 0.25) is 0 Å². The van der Waals surface area contributed by atoms with Gasteiger partial charge in [0.2, 0.25) is 0 Å². The van der Waals surface area contributed by atoms with Crippen molar-refractivity contribution in [2.24, 2.45) is 11.8 Å². The lowest BCUT2D eigenvalue weighted by molar-refractivity contribution is 0.199. The summed E-state index contributed by atoms with van der Waals surface area (Å²) in [5.74, 6) is 2.11. The molecule has 0 nitrogen and oxygen atoms in total. The van der Waals surface area contributed by atoms with E-state index in [0.717, 1.165) is 11.8 Å². The Morgan fingerprint density at radius 3 is 2.55 bits per heavy atom. The first kappa shape index (κ1) is 7.39. The molecule has 2 aliphatic carbocycles. The van der Waals surface area contributed by atoms with Gasteiger partial charge in [0.25, 0.3) is 0 Å². The average Bonchev–Trinajstić information content (AvgIpc) is 2.04. The van der Waals surface area contributed by atoms with Gasteiger partial charge in [-0.1, -0.05) is 31.4 Å². The van der Waals surface area contributed by atoms with Crippen molar-refractivity contribution in [1.82, 2.24) is 0 Å². The molecule has 0 bridgehead atoms. The molecule has 0 N–H and O–H groups in total. The summed E-state index contributed by atoms with van der Waals surface area (Å²) in [5, 5.41) is 0. The molecule has 0 aliphatic heterocycles. The summed E-state index contributed by atoms with van der Waals surface area (Å²) in [6.45, 7) is 4.11. The molecule has 0 aromatic rings. The third-order valence-electron chi connectivity index (χ3n) is 3.49. The molecule has 11 heavy (non-hydrogen) atoms. The average molecular weight is 150 g/mol. The molecule has 0 aromatic heterocycles. The zero-order valence-corrected chi connectivity index (χ0v) is 7.31. The SMILES string of the molecule is C=C1CCC2CCCCC2C1. The Hall–Kier alpha value is -0.260. The summed E-state index contributed by atoms with van der Waals surface area (Å²) < 4.78 is 0. The Bertz CT molecular complexity index is 157. The highest BCUT2D eigenvalue weighted by Crippen LogP contribution is 2.41. The quantitative estimate of drug-likeness (QED) is 0.463. The van der Waals surface area contributed by atoms with Gasteiger partial charge in [0, 0.05) is 0 Å². The molecule has 2 aliphatic rings. The van der Waals surface area contributed by atoms with Crippen LogP contribution in [0, 0.1) is 11.8 Å². The van der Waals surface area contributed by atoms with Crippen LogP contribution in [0.4, 0.5) is 0 Å². The summed E-state index contributed by atoms with van der Waals surface area (Å²) in [7, 11) is 0. The fraction of sp³-hybridized carbons (Fsp3) is 0.818. The Kier molecular flexibility index (Phi) is 2.02. The molecule has 2 unspecified atom stereocenters. The number of hydrogen-bond acceptors (Lipinski definition) is 0. The highest BCUT2D eigenvalue weighted by atomic mass is 14.3. The van der Waals surface area contributed by atoms with Gasteiger partial charge in [-0.05, 0) is 37.5 Å². The van der Waals surface area contributed by atoms with Gasteiger partial charge in [0.15, 0.2) is 0 Å². The molecule has 0 heterocycles. The molecule has 0 amide bonds. The van der Waals surface area contributed by atoms with E-state index in [1.165, 1.54) is 50.5 Å². The van der Waals surface area contributed by atoms with E-state index in [9.17, 15) is 0 Å². The monoisotopic (exact) mass is 150 g/mol. The fourth-order valence-corrected chi connectivity index (χ4v) is 2.80. The Balaban J connectivity index is 1.98. The predicted molar refractivity (Wildman–Crippen MR) is 48.4 cm³/mol. The second-order valence-electron chi connectivity index (χ2n) is 4.30. The summed E-state index contributed by atoms with van der Waals surface area (Å²) in [5.41, 5.74) is 1.52. The third kappa shape index (κ3) is 1.50. The van der Waals surface area contributed by atoms with Crippen molar-refractivity contribution < 1.29 is 0 Å². The number of fused-ring (bicyclic) bond motifs is 1. The molecule has 2 fully saturated rings. The van der Waals surface area contributed by atoms with Gasteiger partial charge in [-0.2, -0.15) is 0 Å². The van der Waals surface area contributed by atoms with Crippen LogP contribution in [0.25, 0.3) is 0 Å². The zero-order valence-electron chi connectivity index (χ0n) is 7.31. The second kappa shape index (κ2) is 3.00. The molecule has 2 rings (SSSR count). The summed E-state index contributed by atoms with van der Waals surface area (Å²) >= 11 is 0. The van der Waals surface area contributed by atoms with Gasteiger partial charge < -0.3 is 0 Å². The maximum Gasteiger partial charge on any atom is -0.0292 e. The first-order valence-electron chi connectivity index (χ1n) is 5.03. The summed E-state index contributed by atoms with van der Waals surface area (Å²) in [6, 6.07) is 0. The molecular weight excluding hydrogens is 132 g/mol. The summed E-state index contributed by atoms with van der Waals surface area (Å²) in [4.78, 5) is 0. The maximum absolute atomic E-state index is 4.11. The topological polar surface area (TPSA) is 0 Å². The fourth-order valence-electron chi connectivity index (χ4n) is 2.80. The van der Waals surface area contributed by atoms with Crippen LogP contribution in [0.5, 0.6) is 0 Å². The first-order chi connectivity index (χ1) is 5.36. The summed E-state index contributed by atoms with van der Waals surface area (Å²) in [6.07, 6.45) is 10.1. The van der Waals surface area contributed by atoms with Crippen LogP contribution in [-0.4, -0.2) is 0 Å². The van der Waals surface area contributed by atoms with Crippen molar-refractivity contribution in [2.75, 3.05) is 0 Å². The van der Waals surface area contributed by atoms with Crippen LogP contribution >= 0.6 is 0 Å². The van der Waals surface area contributed by atoms with Gasteiger partial charge in [0.05, 0.1) is 0 Å². The van der Waals surface area contributed by atoms with E-state index in [1.807, 2.05) is 0 Å². The predicted octanol–water partition coefficient (Wildman–Crippen LogP) is 3.53. The normalized spacial score (nSPS) is 38.4. The minimum atomic E-state index is 1.03. The van der Waals surface area contributed by atoms with Gasteiger partial charge in [-0.15, -0.1) is 0 Å². The maximum atomic E-state index is 4.11. The van der Waals surface area contributed by atoms with E-state index in [0.29, 0.717) is 0 Å². The van der Waals surface area contributed by atoms with Crippen LogP contribution < -0.4 is 0 Å². The molecular formula is C11H18. The lowest BCUT2D eigenvalue weighted by Crippen LogP contribution is -2.23. The zero-order chi connectivity index (χ0) is 7.68. The van der Waals surface area contributed by atoms with E-state index in [-0.39, 0.29) is 0 Å². The highest BCUT2D eigenvalue weighted by molar-refractivity contribution is 5.02. The van der Waals surface area contributed by atoms with Crippen molar-refractivity contribution in [2.45, 2.75) is 44.9 Å². The standard InChI is InChI=1S/C11H18/c1-9-6-7-10-4-2-3-5-11(10)8-9/h10-11H,1-8H2. The lowest BCUT2D eigenvalue weighted by atomic mass is 9.70. The van der Waals surface area contributed by atoms with E-state index in [4.69, 9.17) is 0 Å². The van der Waals surface area contributed by atoms with Gasteiger partial charge in [-0.25, -0.2) is 0 Å². The molecule has 0 saturated heterocycles. The Morgan fingerprint density at radius 2 is 1.73 bits per heavy atom. The Morgan fingerprint density at radius 1 is 1.00 bits per heavy atom.